The zero-order valence-electron chi connectivity index (χ0n) is 8.76. The summed E-state index contributed by atoms with van der Waals surface area (Å²) in [4.78, 5) is 11.0. The van der Waals surface area contributed by atoms with E-state index in [0.717, 1.165) is 19.3 Å². The van der Waals surface area contributed by atoms with E-state index >= 15 is 0 Å². The molecule has 1 saturated carbocycles. The van der Waals surface area contributed by atoms with Gasteiger partial charge in [-0.15, -0.1) is 0 Å². The Bertz CT molecular complexity index is 458. The van der Waals surface area contributed by atoms with Crippen molar-refractivity contribution in [2.75, 3.05) is 5.73 Å². The summed E-state index contributed by atoms with van der Waals surface area (Å²) in [6.45, 7) is 0. The van der Waals surface area contributed by atoms with Crippen LogP contribution in [0, 0.1) is 17.2 Å². The molecule has 1 amide bonds. The number of anilines is 1. The maximum Gasteiger partial charge on any atom is 0.254 e. The molecule has 1 fully saturated rings. The number of nitrogens with zero attached hydrogens (tertiary/aromatic N) is 3. The van der Waals surface area contributed by atoms with Gasteiger partial charge in [-0.1, -0.05) is 0 Å². The Hall–Kier alpha value is -2.03. The topological polar surface area (TPSA) is 111 Å². The van der Waals surface area contributed by atoms with Gasteiger partial charge in [-0.05, 0) is 19.3 Å². The van der Waals surface area contributed by atoms with Crippen molar-refractivity contribution in [3.8, 4) is 6.07 Å². The van der Waals surface area contributed by atoms with Crippen LogP contribution in [-0.4, -0.2) is 15.7 Å². The number of hydrogen-bond donors (Lipinski definition) is 2. The van der Waals surface area contributed by atoms with E-state index in [4.69, 9.17) is 16.7 Å². The molecule has 4 N–H and O–H groups in total. The number of carbonyl (C=O) groups excluding carboxylic acids is 1. The van der Waals surface area contributed by atoms with Crippen molar-refractivity contribution in [3.05, 3.63) is 11.8 Å². The van der Waals surface area contributed by atoms with Crippen LogP contribution in [0.2, 0.25) is 0 Å². The minimum Gasteiger partial charge on any atom is -0.382 e. The number of nitrogens with two attached hydrogens (primary N) is 2. The van der Waals surface area contributed by atoms with Gasteiger partial charge in [0.05, 0.1) is 18.0 Å². The van der Waals surface area contributed by atoms with Crippen LogP contribution in [0.3, 0.4) is 0 Å². The van der Waals surface area contributed by atoms with E-state index in [1.165, 1.54) is 6.20 Å². The van der Waals surface area contributed by atoms with Crippen LogP contribution in [0.25, 0.3) is 0 Å². The van der Waals surface area contributed by atoms with E-state index in [1.54, 1.807) is 4.68 Å². The summed E-state index contributed by atoms with van der Waals surface area (Å²) in [5.74, 6) is -0.508. The molecule has 0 spiro atoms. The van der Waals surface area contributed by atoms with Crippen molar-refractivity contribution in [2.45, 2.75) is 25.3 Å². The number of aromatic nitrogens is 2. The molecule has 6 nitrogen and oxygen atoms in total. The highest BCUT2D eigenvalue weighted by Gasteiger charge is 2.30. The molecule has 1 aliphatic carbocycles. The Kier molecular flexibility index (Phi) is 2.52. The van der Waals surface area contributed by atoms with Crippen molar-refractivity contribution in [1.82, 2.24) is 9.78 Å². The van der Waals surface area contributed by atoms with Crippen LogP contribution in [-0.2, 0) is 0 Å². The first kappa shape index (κ1) is 10.5. The van der Waals surface area contributed by atoms with Crippen molar-refractivity contribution < 1.29 is 4.79 Å². The third kappa shape index (κ3) is 1.60. The van der Waals surface area contributed by atoms with E-state index in [0.29, 0.717) is 0 Å². The highest BCUT2D eigenvalue weighted by atomic mass is 16.1. The van der Waals surface area contributed by atoms with Gasteiger partial charge in [0, 0.05) is 6.20 Å². The van der Waals surface area contributed by atoms with E-state index in [2.05, 4.69) is 11.2 Å². The van der Waals surface area contributed by atoms with Crippen molar-refractivity contribution in [2.24, 2.45) is 11.7 Å². The lowest BCUT2D eigenvalue weighted by molar-refractivity contribution is 0.100. The van der Waals surface area contributed by atoms with Gasteiger partial charge < -0.3 is 11.5 Å². The smallest absolute Gasteiger partial charge is 0.254 e. The van der Waals surface area contributed by atoms with Crippen LogP contribution in [0.1, 0.15) is 35.7 Å². The van der Waals surface area contributed by atoms with Crippen LogP contribution in [0.5, 0.6) is 0 Å². The summed E-state index contributed by atoms with van der Waals surface area (Å²) < 4.78 is 1.61. The summed E-state index contributed by atoms with van der Waals surface area (Å²) in [6.07, 6.45) is 4.29. The molecule has 0 saturated heterocycles. The number of hydrogen-bond acceptors (Lipinski definition) is 4. The largest absolute Gasteiger partial charge is 0.382 e. The molecule has 1 aliphatic rings. The van der Waals surface area contributed by atoms with Gasteiger partial charge in [0.15, 0.2) is 5.82 Å². The zero-order valence-corrected chi connectivity index (χ0v) is 8.76. The first-order chi connectivity index (χ1) is 7.63. The fourth-order valence-electron chi connectivity index (χ4n) is 2.17. The maximum absolute atomic E-state index is 11.0. The first-order valence-electron chi connectivity index (χ1n) is 5.17. The molecule has 2 rings (SSSR count). The van der Waals surface area contributed by atoms with Crippen LogP contribution >= 0.6 is 0 Å². The molecule has 6 heteroatoms. The maximum atomic E-state index is 11.0. The Morgan fingerprint density at radius 3 is 2.94 bits per heavy atom. The third-order valence-corrected chi connectivity index (χ3v) is 3.01. The Morgan fingerprint density at radius 2 is 2.38 bits per heavy atom. The zero-order chi connectivity index (χ0) is 11.7. The number of carbonyl (C=O) groups is 1. The molecular weight excluding hydrogens is 206 g/mol. The van der Waals surface area contributed by atoms with Gasteiger partial charge in [0.1, 0.15) is 5.56 Å². The van der Waals surface area contributed by atoms with Crippen LogP contribution < -0.4 is 11.5 Å². The second-order valence-corrected chi connectivity index (χ2v) is 4.01. The lowest BCUT2D eigenvalue weighted by Crippen LogP contribution is -2.14. The summed E-state index contributed by atoms with van der Waals surface area (Å²) in [5, 5.41) is 13.0. The minimum atomic E-state index is -0.588. The number of rotatable bonds is 2. The van der Waals surface area contributed by atoms with Crippen molar-refractivity contribution >= 4 is 11.7 Å². The molecule has 16 heavy (non-hydrogen) atoms. The normalized spacial score (nSPS) is 24.2. The molecule has 0 aliphatic heterocycles. The van der Waals surface area contributed by atoms with Crippen LogP contribution in [0.15, 0.2) is 6.20 Å². The Morgan fingerprint density at radius 1 is 1.62 bits per heavy atom. The van der Waals surface area contributed by atoms with Gasteiger partial charge in [-0.2, -0.15) is 10.4 Å². The van der Waals surface area contributed by atoms with Gasteiger partial charge in [0.2, 0.25) is 0 Å². The summed E-state index contributed by atoms with van der Waals surface area (Å²) >= 11 is 0. The van der Waals surface area contributed by atoms with Gasteiger partial charge in [-0.25, -0.2) is 0 Å². The standard InChI is InChI=1S/C10H13N5O/c11-4-6-2-1-3-8(6)15-5-7(10(13)16)9(12)14-15/h5-6,8H,1-3H2,(H2,12,14)(H2,13,16)/t6-,8+/m0/s1. The molecule has 84 valence electrons. The fourth-order valence-corrected chi connectivity index (χ4v) is 2.17. The highest BCUT2D eigenvalue weighted by Crippen LogP contribution is 2.35. The molecule has 0 aromatic carbocycles. The molecule has 1 aromatic rings. The predicted octanol–water partition coefficient (Wildman–Crippen LogP) is 0.429. The Balaban J connectivity index is 2.31. The van der Waals surface area contributed by atoms with Gasteiger partial charge in [0.25, 0.3) is 5.91 Å². The van der Waals surface area contributed by atoms with E-state index in [-0.39, 0.29) is 23.3 Å². The third-order valence-electron chi connectivity index (χ3n) is 3.01. The lowest BCUT2D eigenvalue weighted by atomic mass is 10.1. The monoisotopic (exact) mass is 219 g/mol. The molecule has 0 radical (unpaired) electrons. The number of primary amides is 1. The first-order valence-corrected chi connectivity index (χ1v) is 5.17. The van der Waals surface area contributed by atoms with Crippen molar-refractivity contribution in [1.29, 1.82) is 5.26 Å². The average Bonchev–Trinajstić information content (AvgIpc) is 2.82. The molecule has 2 atom stereocenters. The SMILES string of the molecule is N#C[C@@H]1CCC[C@H]1n1cc(C(N)=O)c(N)n1. The van der Waals surface area contributed by atoms with Gasteiger partial charge >= 0.3 is 0 Å². The number of nitriles is 1. The van der Waals surface area contributed by atoms with E-state index in [9.17, 15) is 4.79 Å². The number of nitrogen functional groups attached to an aromatic ring is 1. The minimum absolute atomic E-state index is 0.0143. The predicted molar refractivity (Wildman–Crippen MR) is 57.1 cm³/mol. The van der Waals surface area contributed by atoms with Crippen molar-refractivity contribution in [3.63, 3.8) is 0 Å². The molecular formula is C10H13N5O. The average molecular weight is 219 g/mol. The number of amides is 1. The molecule has 0 unspecified atom stereocenters. The molecule has 0 bridgehead atoms. The molecule has 1 heterocycles. The molecule has 1 aromatic heterocycles. The summed E-state index contributed by atoms with van der Waals surface area (Å²) in [5.41, 5.74) is 11.0. The second-order valence-electron chi connectivity index (χ2n) is 4.01. The van der Waals surface area contributed by atoms with Gasteiger partial charge in [-0.3, -0.25) is 9.48 Å². The summed E-state index contributed by atoms with van der Waals surface area (Å²) in [7, 11) is 0. The quantitative estimate of drug-likeness (QED) is 0.751. The van der Waals surface area contributed by atoms with E-state index in [1.807, 2.05) is 0 Å². The highest BCUT2D eigenvalue weighted by molar-refractivity contribution is 5.96. The summed E-state index contributed by atoms with van der Waals surface area (Å²) in [6, 6.07) is 2.27. The van der Waals surface area contributed by atoms with E-state index < -0.39 is 5.91 Å². The lowest BCUT2D eigenvalue weighted by Gasteiger charge is -2.13. The second kappa shape index (κ2) is 3.85. The Labute approximate surface area is 92.8 Å². The van der Waals surface area contributed by atoms with Crippen LogP contribution in [0.4, 0.5) is 5.82 Å². The fraction of sp³-hybridized carbons (Fsp3) is 0.500.